The Labute approximate surface area is 894 Å². The zero-order valence-electron chi connectivity index (χ0n) is 90.4. The third-order valence-corrected chi connectivity index (χ3v) is 29.7. The van der Waals surface area contributed by atoms with Gasteiger partial charge in [0.2, 0.25) is 0 Å². The summed E-state index contributed by atoms with van der Waals surface area (Å²) in [5.74, 6) is 6.16. The minimum absolute atomic E-state index is 0.0232. The van der Waals surface area contributed by atoms with E-state index < -0.39 is 0 Å². The molecule has 796 valence electrons. The van der Waals surface area contributed by atoms with Crippen molar-refractivity contribution in [1.82, 2.24) is 0 Å². The lowest BCUT2D eigenvalue weighted by Gasteiger charge is -2.28. The van der Waals surface area contributed by atoms with Crippen LogP contribution < -0.4 is 37.9 Å². The molecule has 0 aromatic heterocycles. The molecule has 16 nitrogen and oxygen atoms in total. The third kappa shape index (κ3) is 32.6. The molecule has 0 N–H and O–H groups in total. The van der Waals surface area contributed by atoms with Crippen LogP contribution in [-0.4, -0.2) is 80.8 Å². The van der Waals surface area contributed by atoms with Gasteiger partial charge in [-0.15, -0.1) is 23.2 Å². The maximum Gasteiger partial charge on any atom is 0.306 e. The molecule has 6 atom stereocenters. The number of rotatable bonds is 40. The summed E-state index contributed by atoms with van der Waals surface area (Å²) < 4.78 is 125. The lowest BCUT2D eigenvalue weighted by Crippen LogP contribution is -2.15. The van der Waals surface area contributed by atoms with E-state index in [9.17, 15) is 36.7 Å². The molecule has 0 aliphatic heterocycles. The number of ether oxygens (including phenoxy) is 12. The number of carbonyl (C=O) groups is 4. The van der Waals surface area contributed by atoms with Crippen LogP contribution in [0.2, 0.25) is 0 Å². The van der Waals surface area contributed by atoms with Crippen molar-refractivity contribution in [3.8, 4) is 90.5 Å². The first-order chi connectivity index (χ1) is 71.5. The zero-order chi connectivity index (χ0) is 108. The summed E-state index contributed by atoms with van der Waals surface area (Å²) in [6.07, 6.45) is 12.2. The molecule has 4 aliphatic rings. The van der Waals surface area contributed by atoms with Crippen molar-refractivity contribution in [3.63, 3.8) is 0 Å². The van der Waals surface area contributed by atoms with E-state index in [-0.39, 0.29) is 103 Å². The molecule has 0 amide bonds. The number of hydrogen-bond donors (Lipinski definition) is 0. The normalized spacial score (nSPS) is 14.6. The fourth-order valence-electron chi connectivity index (χ4n) is 19.3. The first kappa shape index (κ1) is 114. The van der Waals surface area contributed by atoms with Crippen LogP contribution >= 0.6 is 23.2 Å². The maximum atomic E-state index is 14.9. The molecule has 4 fully saturated rings. The first-order valence-corrected chi connectivity index (χ1v) is 52.7. The van der Waals surface area contributed by atoms with Crippen LogP contribution in [-0.2, 0) is 77.4 Å². The largest absolute Gasteiger partial charge is 0.497 e. The summed E-state index contributed by atoms with van der Waals surface area (Å²) in [5.41, 5.74) is 16.8. The second-order valence-electron chi connectivity index (χ2n) is 44.5. The Morgan fingerprint density at radius 3 is 0.713 bits per heavy atom. The smallest absolute Gasteiger partial charge is 0.306 e. The first-order valence-electron chi connectivity index (χ1n) is 51.9. The number of hydrogen-bond acceptors (Lipinski definition) is 16. The molecule has 0 bridgehead atoms. The summed E-state index contributed by atoms with van der Waals surface area (Å²) in [4.78, 5) is 47.9. The number of benzene rings is 12. The summed E-state index contributed by atoms with van der Waals surface area (Å²) in [6, 6.07) is 75.0. The monoisotopic (exact) mass is 2080 g/mol. The number of methoxy groups -OCH3 is 8. The molecular formula is C128H146Cl2F4O16. The van der Waals surface area contributed by atoms with Crippen molar-refractivity contribution in [2.24, 2.45) is 45.3 Å². The highest BCUT2D eigenvalue weighted by Gasteiger charge is 2.40. The number of alkyl halides is 2. The van der Waals surface area contributed by atoms with E-state index in [1.54, 1.807) is 77.0 Å². The number of carbonyl (C=O) groups excluding carboxylic acids is 4. The molecular weight excluding hydrogens is 1940 g/mol. The van der Waals surface area contributed by atoms with Crippen molar-refractivity contribution in [3.05, 3.63) is 333 Å². The van der Waals surface area contributed by atoms with Crippen LogP contribution in [0.5, 0.6) is 46.0 Å². The lowest BCUT2D eigenvalue weighted by molar-refractivity contribution is -0.142. The Kier molecular flexibility index (Phi) is 39.5. The Balaban J connectivity index is 0.000000167. The van der Waals surface area contributed by atoms with Gasteiger partial charge in [0.1, 0.15) is 95.7 Å². The van der Waals surface area contributed by atoms with Crippen LogP contribution in [0.4, 0.5) is 17.6 Å². The van der Waals surface area contributed by atoms with Gasteiger partial charge in [0.25, 0.3) is 0 Å². The topological polar surface area (TPSA) is 179 Å². The molecule has 0 heterocycles. The quantitative estimate of drug-likeness (QED) is 0.0153. The zero-order valence-corrected chi connectivity index (χ0v) is 91.9. The predicted octanol–water partition coefficient (Wildman–Crippen LogP) is 32.4. The van der Waals surface area contributed by atoms with Gasteiger partial charge < -0.3 is 56.8 Å². The SMILES string of the molecule is COC(=O)C[C@@H](c1cccc(OCc2ccc(-c3cc(OC)ccc3F)c(C(Cl)C(C)(C)C)c2)c1)C1CC1.COC(=O)C[C@@H](c1cccc(OCc2ccc(-c3cc(OC)ccc3F)c(CC(C)(C)C)c2)c1)C1CC1.COC(=O)C[C@H](c1cccc(OCc2ccc(-c3cc(OC)ccc3F)c(C(Cl)C(C)(C)C)c2)c1)C1CC1.COC(=O)C[C@H](c1cccc(OCc2ccc(-c3cc(OC)ccc3F)c(CC(C)(C)C)c2)c1)C1CC1. The minimum Gasteiger partial charge on any atom is -0.497 e. The van der Waals surface area contributed by atoms with Crippen LogP contribution in [0, 0.1) is 68.6 Å². The molecule has 150 heavy (non-hydrogen) atoms. The Bertz CT molecular complexity index is 6220. The fraction of sp³-hybridized carbons (Fsp3) is 0.406. The number of halogens is 6. The Hall–Kier alpha value is -12.8. The van der Waals surface area contributed by atoms with Gasteiger partial charge in [-0.3, -0.25) is 19.2 Å². The summed E-state index contributed by atoms with van der Waals surface area (Å²) >= 11 is 13.9. The van der Waals surface area contributed by atoms with Gasteiger partial charge in [0.15, 0.2) is 0 Å². The van der Waals surface area contributed by atoms with Gasteiger partial charge >= 0.3 is 23.9 Å². The maximum absolute atomic E-state index is 14.9. The third-order valence-electron chi connectivity index (χ3n) is 27.9. The molecule has 4 aliphatic carbocycles. The van der Waals surface area contributed by atoms with Crippen molar-refractivity contribution in [2.45, 2.75) is 234 Å². The van der Waals surface area contributed by atoms with Gasteiger partial charge in [0.05, 0.1) is 93.3 Å². The second-order valence-corrected chi connectivity index (χ2v) is 45.4. The van der Waals surface area contributed by atoms with E-state index in [0.29, 0.717) is 121 Å². The van der Waals surface area contributed by atoms with Gasteiger partial charge in [-0.05, 0) is 344 Å². The summed E-state index contributed by atoms with van der Waals surface area (Å²) in [5, 5.41) is -0.715. The minimum atomic E-state index is -0.357. The molecule has 0 saturated heterocycles. The average molecular weight is 2090 g/mol. The van der Waals surface area contributed by atoms with Gasteiger partial charge in [-0.1, -0.05) is 204 Å². The molecule has 0 spiro atoms. The van der Waals surface area contributed by atoms with Crippen LogP contribution in [0.3, 0.4) is 0 Å². The Morgan fingerprint density at radius 1 is 0.273 bits per heavy atom. The van der Waals surface area contributed by atoms with Gasteiger partial charge in [0, 0.05) is 22.3 Å². The highest BCUT2D eigenvalue weighted by molar-refractivity contribution is 6.22. The van der Waals surface area contributed by atoms with Crippen molar-refractivity contribution < 1.29 is 93.6 Å². The fourth-order valence-corrected chi connectivity index (χ4v) is 19.7. The van der Waals surface area contributed by atoms with Crippen molar-refractivity contribution >= 4 is 47.1 Å². The molecule has 0 radical (unpaired) electrons. The van der Waals surface area contributed by atoms with Gasteiger partial charge in [-0.25, -0.2) is 17.6 Å². The Morgan fingerprint density at radius 2 is 0.500 bits per heavy atom. The average Bonchev–Trinajstić information content (AvgIpc) is 1.22. The van der Waals surface area contributed by atoms with E-state index in [4.69, 9.17) is 80.0 Å². The molecule has 16 rings (SSSR count). The van der Waals surface area contributed by atoms with Gasteiger partial charge in [-0.2, -0.15) is 0 Å². The highest BCUT2D eigenvalue weighted by atomic mass is 35.5. The van der Waals surface area contributed by atoms with E-state index >= 15 is 0 Å². The summed E-state index contributed by atoms with van der Waals surface area (Å²) in [6.45, 7) is 26.9. The summed E-state index contributed by atoms with van der Waals surface area (Å²) in [7, 11) is 12.0. The van der Waals surface area contributed by atoms with E-state index in [2.05, 4.69) is 119 Å². The molecule has 2 unspecified atom stereocenters. The highest BCUT2D eigenvalue weighted by Crippen LogP contribution is 2.52. The number of esters is 4. The van der Waals surface area contributed by atoms with Crippen molar-refractivity contribution in [1.29, 1.82) is 0 Å². The molecule has 12 aromatic rings. The van der Waals surface area contributed by atoms with Crippen LogP contribution in [0.1, 0.15) is 261 Å². The van der Waals surface area contributed by atoms with E-state index in [1.165, 1.54) is 52.7 Å². The lowest BCUT2D eigenvalue weighted by atomic mass is 9.83. The predicted molar refractivity (Wildman–Crippen MR) is 587 cm³/mol. The van der Waals surface area contributed by atoms with E-state index in [1.807, 2.05) is 133 Å². The van der Waals surface area contributed by atoms with Crippen LogP contribution in [0.15, 0.2) is 243 Å². The van der Waals surface area contributed by atoms with Crippen LogP contribution in [0.25, 0.3) is 44.5 Å². The van der Waals surface area contributed by atoms with E-state index in [0.717, 1.165) is 176 Å². The second kappa shape index (κ2) is 51.8. The standard InChI is InChI=1S/2C32H36ClFO4.2C32H37FO4/c2*1-32(2,3)31(33)28-15-20(9-13-25(28)27-17-23(36-4)12-14-29(27)34)19-38-24-8-6-7-22(16-24)26(21-10-11-21)18-30(35)37-5;2*1-32(2,3)19-24-15-21(9-13-27(24)29-17-25(35-4)12-14-30(29)33)20-37-26-8-6-7-23(16-26)28(22-10-11-22)18-31(34)36-5/h2*6-9,12-17,21,26,31H,10-11,18-19H2,1-5H3;2*6-9,12-17,22,28H,10-11,18-20H2,1-5H3/t2*26-,31?;2*28-/m1010/s1. The molecule has 4 saturated carbocycles. The molecule has 22 heteroatoms. The van der Waals surface area contributed by atoms with Crippen molar-refractivity contribution in [2.75, 3.05) is 56.9 Å². The molecule has 12 aromatic carbocycles.